The first-order valence-electron chi connectivity index (χ1n) is 5.65. The van der Waals surface area contributed by atoms with Crippen molar-refractivity contribution in [2.45, 2.75) is 4.90 Å². The van der Waals surface area contributed by atoms with Gasteiger partial charge in [-0.2, -0.15) is 0 Å². The van der Waals surface area contributed by atoms with Crippen molar-refractivity contribution >= 4 is 38.3 Å². The minimum atomic E-state index is -3.97. The Balaban J connectivity index is 2.36. The molecule has 2 rings (SSSR count). The summed E-state index contributed by atoms with van der Waals surface area (Å²) < 4.78 is 58.4. The molecule has 0 amide bonds. The van der Waals surface area contributed by atoms with Gasteiger partial charge in [0.1, 0.15) is 17.4 Å². The van der Waals surface area contributed by atoms with Crippen LogP contribution in [0.5, 0.6) is 5.75 Å². The number of nitrogens with one attached hydrogen (secondary N) is 1. The van der Waals surface area contributed by atoms with E-state index in [0.29, 0.717) is 15.4 Å². The third-order valence-electron chi connectivity index (χ3n) is 2.61. The second kappa shape index (κ2) is 6.14. The molecule has 0 unspecified atom stereocenters. The smallest absolute Gasteiger partial charge is 0.262 e. The summed E-state index contributed by atoms with van der Waals surface area (Å²) >= 11 is 1.93. The van der Waals surface area contributed by atoms with Crippen molar-refractivity contribution < 1.29 is 21.9 Å². The summed E-state index contributed by atoms with van der Waals surface area (Å²) in [6.45, 7) is 0. The maximum Gasteiger partial charge on any atom is 0.262 e. The van der Waals surface area contributed by atoms with Crippen LogP contribution >= 0.6 is 22.6 Å². The van der Waals surface area contributed by atoms with E-state index in [1.54, 1.807) is 0 Å². The van der Waals surface area contributed by atoms with E-state index in [2.05, 4.69) is 4.72 Å². The summed E-state index contributed by atoms with van der Waals surface area (Å²) in [6, 6.07) is 6.83. The second-order valence-electron chi connectivity index (χ2n) is 4.03. The van der Waals surface area contributed by atoms with Crippen LogP contribution in [0, 0.1) is 15.2 Å². The quantitative estimate of drug-likeness (QED) is 0.765. The summed E-state index contributed by atoms with van der Waals surface area (Å²) in [5.74, 6) is -1.24. The Morgan fingerprint density at radius 3 is 2.43 bits per heavy atom. The molecule has 0 atom stereocenters. The Morgan fingerprint density at radius 2 is 1.86 bits per heavy atom. The summed E-state index contributed by atoms with van der Waals surface area (Å²) in [7, 11) is -2.50. The number of benzene rings is 2. The first-order chi connectivity index (χ1) is 9.83. The van der Waals surface area contributed by atoms with Crippen LogP contribution < -0.4 is 9.46 Å². The van der Waals surface area contributed by atoms with Gasteiger partial charge in [0, 0.05) is 6.07 Å². The predicted molar refractivity (Wildman–Crippen MR) is 82.9 cm³/mol. The molecule has 0 radical (unpaired) electrons. The van der Waals surface area contributed by atoms with Crippen molar-refractivity contribution in [2.75, 3.05) is 11.8 Å². The highest BCUT2D eigenvalue weighted by atomic mass is 127. The number of halogens is 3. The van der Waals surface area contributed by atoms with Crippen molar-refractivity contribution in [3.8, 4) is 5.75 Å². The van der Waals surface area contributed by atoms with E-state index in [1.165, 1.54) is 25.3 Å². The van der Waals surface area contributed by atoms with Gasteiger partial charge < -0.3 is 4.74 Å². The molecule has 1 N–H and O–H groups in total. The standard InChI is InChI=1S/C13H10F2INO3S/c1-20-13-5-3-9(7-11(13)16)21(18,19)17-12-4-2-8(14)6-10(12)15/h2-7,17H,1H3. The molecule has 8 heteroatoms. The molecule has 0 spiro atoms. The van der Waals surface area contributed by atoms with Crippen molar-refractivity contribution in [1.29, 1.82) is 0 Å². The number of sulfonamides is 1. The van der Waals surface area contributed by atoms with Crippen LogP contribution in [0.4, 0.5) is 14.5 Å². The van der Waals surface area contributed by atoms with E-state index in [-0.39, 0.29) is 10.6 Å². The Hall–Kier alpha value is -1.42. The van der Waals surface area contributed by atoms with Crippen LogP contribution in [0.1, 0.15) is 0 Å². The van der Waals surface area contributed by atoms with Crippen molar-refractivity contribution in [2.24, 2.45) is 0 Å². The molecule has 0 aromatic heterocycles. The molecule has 0 aliphatic rings. The molecule has 4 nitrogen and oxygen atoms in total. The van der Waals surface area contributed by atoms with Gasteiger partial charge >= 0.3 is 0 Å². The molecular weight excluding hydrogens is 415 g/mol. The van der Waals surface area contributed by atoms with Crippen molar-refractivity contribution in [1.82, 2.24) is 0 Å². The predicted octanol–water partition coefficient (Wildman–Crippen LogP) is 3.38. The number of hydrogen-bond donors (Lipinski definition) is 1. The van der Waals surface area contributed by atoms with Gasteiger partial charge in [0.2, 0.25) is 0 Å². The second-order valence-corrected chi connectivity index (χ2v) is 6.87. The van der Waals surface area contributed by atoms with Gasteiger partial charge in [-0.1, -0.05) is 0 Å². The summed E-state index contributed by atoms with van der Waals surface area (Å²) in [5, 5.41) is 0. The van der Waals surface area contributed by atoms with Crippen LogP contribution in [0.15, 0.2) is 41.3 Å². The fourth-order valence-corrected chi connectivity index (χ4v) is 3.63. The zero-order valence-electron chi connectivity index (χ0n) is 10.7. The van der Waals surface area contributed by atoms with E-state index in [0.717, 1.165) is 12.1 Å². The molecular formula is C13H10F2INO3S. The molecule has 112 valence electrons. The lowest BCUT2D eigenvalue weighted by Gasteiger charge is -2.10. The van der Waals surface area contributed by atoms with Gasteiger partial charge in [-0.3, -0.25) is 4.72 Å². The zero-order valence-corrected chi connectivity index (χ0v) is 13.7. The number of ether oxygens (including phenoxy) is 1. The molecule has 0 bridgehead atoms. The fourth-order valence-electron chi connectivity index (χ4n) is 1.59. The molecule has 2 aromatic rings. The van der Waals surface area contributed by atoms with Gasteiger partial charge in [0.25, 0.3) is 10.0 Å². The van der Waals surface area contributed by atoms with Gasteiger partial charge in [0.05, 0.1) is 21.3 Å². The summed E-state index contributed by atoms with van der Waals surface area (Å²) in [4.78, 5) is -0.0450. The van der Waals surface area contributed by atoms with E-state index in [1.807, 2.05) is 22.6 Å². The minimum Gasteiger partial charge on any atom is -0.496 e. The largest absolute Gasteiger partial charge is 0.496 e. The average Bonchev–Trinajstić information content (AvgIpc) is 2.42. The monoisotopic (exact) mass is 425 g/mol. The number of rotatable bonds is 4. The zero-order chi connectivity index (χ0) is 15.6. The third kappa shape index (κ3) is 3.62. The van der Waals surface area contributed by atoms with Crippen LogP contribution in [-0.2, 0) is 10.0 Å². The Labute approximate surface area is 134 Å². The number of hydrogen-bond acceptors (Lipinski definition) is 3. The van der Waals surface area contributed by atoms with E-state index >= 15 is 0 Å². The highest BCUT2D eigenvalue weighted by Crippen LogP contribution is 2.26. The molecule has 0 heterocycles. The lowest BCUT2D eigenvalue weighted by molar-refractivity contribution is 0.411. The number of methoxy groups -OCH3 is 1. The summed E-state index contributed by atoms with van der Waals surface area (Å²) in [5.41, 5.74) is -0.317. The van der Waals surface area contributed by atoms with E-state index in [4.69, 9.17) is 4.74 Å². The molecule has 21 heavy (non-hydrogen) atoms. The van der Waals surface area contributed by atoms with E-state index < -0.39 is 21.7 Å². The first-order valence-corrected chi connectivity index (χ1v) is 8.21. The van der Waals surface area contributed by atoms with Gasteiger partial charge in [-0.15, -0.1) is 0 Å². The third-order valence-corrected chi connectivity index (χ3v) is 4.82. The molecule has 0 aliphatic carbocycles. The van der Waals surface area contributed by atoms with Gasteiger partial charge in [-0.25, -0.2) is 17.2 Å². The van der Waals surface area contributed by atoms with Crippen molar-refractivity contribution in [3.63, 3.8) is 0 Å². The van der Waals surface area contributed by atoms with Crippen LogP contribution in [0.2, 0.25) is 0 Å². The van der Waals surface area contributed by atoms with Crippen LogP contribution in [0.25, 0.3) is 0 Å². The lowest BCUT2D eigenvalue weighted by Crippen LogP contribution is -2.14. The average molecular weight is 425 g/mol. The van der Waals surface area contributed by atoms with Gasteiger partial charge in [-0.05, 0) is 52.9 Å². The highest BCUT2D eigenvalue weighted by molar-refractivity contribution is 14.1. The maximum absolute atomic E-state index is 13.5. The fraction of sp³-hybridized carbons (Fsp3) is 0.0769. The minimum absolute atomic E-state index is 0.0450. The summed E-state index contributed by atoms with van der Waals surface area (Å²) in [6.07, 6.45) is 0. The maximum atomic E-state index is 13.5. The molecule has 0 saturated carbocycles. The Morgan fingerprint density at radius 1 is 1.14 bits per heavy atom. The van der Waals surface area contributed by atoms with E-state index in [9.17, 15) is 17.2 Å². The first kappa shape index (κ1) is 16.0. The topological polar surface area (TPSA) is 55.4 Å². The van der Waals surface area contributed by atoms with Gasteiger partial charge in [0.15, 0.2) is 0 Å². The number of anilines is 1. The molecule has 2 aromatic carbocycles. The van der Waals surface area contributed by atoms with Crippen LogP contribution in [0.3, 0.4) is 0 Å². The normalized spacial score (nSPS) is 11.2. The lowest BCUT2D eigenvalue weighted by atomic mass is 10.3. The molecule has 0 saturated heterocycles. The SMILES string of the molecule is COc1ccc(S(=O)(=O)Nc2ccc(F)cc2F)cc1I. The van der Waals surface area contributed by atoms with Crippen molar-refractivity contribution in [3.05, 3.63) is 51.6 Å². The molecule has 0 aliphatic heterocycles. The highest BCUT2D eigenvalue weighted by Gasteiger charge is 2.18. The molecule has 0 fully saturated rings. The Bertz CT molecular complexity index is 781. The van der Waals surface area contributed by atoms with Crippen LogP contribution in [-0.4, -0.2) is 15.5 Å². The Kier molecular flexibility index (Phi) is 4.67.